The minimum atomic E-state index is -0.0929. The second-order valence-electron chi connectivity index (χ2n) is 10.4. The monoisotopic (exact) mass is 546 g/mol. The maximum atomic E-state index is 13.2. The number of ether oxygens (including phenoxy) is 3. The maximum Gasteiger partial charge on any atom is 0.252 e. The average molecular weight is 547 g/mol. The normalized spacial score (nSPS) is 16.1. The first-order chi connectivity index (χ1) is 19.5. The van der Waals surface area contributed by atoms with Gasteiger partial charge in [0.05, 0.1) is 32.9 Å². The Balaban J connectivity index is 1.46. The summed E-state index contributed by atoms with van der Waals surface area (Å²) in [5, 5.41) is 13.8. The molecule has 0 radical (unpaired) electrons. The molecule has 40 heavy (non-hydrogen) atoms. The second kappa shape index (κ2) is 12.6. The number of aromatic amines is 1. The van der Waals surface area contributed by atoms with Crippen molar-refractivity contribution >= 4 is 10.9 Å². The number of hydrogen-bond donors (Lipinski definition) is 1. The van der Waals surface area contributed by atoms with Crippen molar-refractivity contribution in [2.45, 2.75) is 64.8 Å². The van der Waals surface area contributed by atoms with Gasteiger partial charge in [-0.2, -0.15) is 0 Å². The fraction of sp³-hybridized carbons (Fsp3) is 0.467. The Bertz CT molecular complexity index is 1490. The van der Waals surface area contributed by atoms with E-state index in [1.165, 1.54) is 0 Å². The van der Waals surface area contributed by atoms with Gasteiger partial charge in [-0.15, -0.1) is 5.10 Å². The largest absolute Gasteiger partial charge is 0.493 e. The van der Waals surface area contributed by atoms with Crippen LogP contribution in [0.3, 0.4) is 0 Å². The van der Waals surface area contributed by atoms with Crippen LogP contribution in [0.25, 0.3) is 10.9 Å². The van der Waals surface area contributed by atoms with Crippen LogP contribution in [0.2, 0.25) is 0 Å². The van der Waals surface area contributed by atoms with Gasteiger partial charge in [-0.05, 0) is 83.8 Å². The molecule has 2 atom stereocenters. The highest BCUT2D eigenvalue weighted by molar-refractivity contribution is 5.79. The van der Waals surface area contributed by atoms with Crippen molar-refractivity contribution in [1.82, 2.24) is 30.1 Å². The zero-order valence-electron chi connectivity index (χ0n) is 23.7. The van der Waals surface area contributed by atoms with Gasteiger partial charge in [-0.25, -0.2) is 4.68 Å². The first-order valence-corrected chi connectivity index (χ1v) is 13.9. The van der Waals surface area contributed by atoms with E-state index in [2.05, 4.69) is 44.5 Å². The predicted octanol–water partition coefficient (Wildman–Crippen LogP) is 4.22. The van der Waals surface area contributed by atoms with Crippen LogP contribution in [0.5, 0.6) is 11.5 Å². The summed E-state index contributed by atoms with van der Waals surface area (Å²) in [6, 6.07) is 14.0. The van der Waals surface area contributed by atoms with Gasteiger partial charge >= 0.3 is 0 Å². The number of nitrogens with zero attached hydrogens (tertiary/aromatic N) is 5. The first-order valence-electron chi connectivity index (χ1n) is 13.9. The van der Waals surface area contributed by atoms with E-state index in [0.29, 0.717) is 36.7 Å². The first kappa shape index (κ1) is 27.8. The fourth-order valence-corrected chi connectivity index (χ4v) is 5.52. The molecule has 3 heterocycles. The molecule has 0 bridgehead atoms. The molecule has 212 valence electrons. The third-order valence-corrected chi connectivity index (χ3v) is 7.67. The highest BCUT2D eigenvalue weighted by atomic mass is 16.5. The van der Waals surface area contributed by atoms with Gasteiger partial charge < -0.3 is 19.2 Å². The quantitative estimate of drug-likeness (QED) is 0.282. The number of H-pyrrole nitrogens is 1. The molecule has 0 unspecified atom stereocenters. The summed E-state index contributed by atoms with van der Waals surface area (Å²) in [6.45, 7) is 6.70. The highest BCUT2D eigenvalue weighted by Gasteiger charge is 2.27. The van der Waals surface area contributed by atoms with Gasteiger partial charge in [-0.1, -0.05) is 25.1 Å². The van der Waals surface area contributed by atoms with Crippen LogP contribution in [0.1, 0.15) is 54.7 Å². The summed E-state index contributed by atoms with van der Waals surface area (Å²) >= 11 is 0. The molecular formula is C30H38N6O4. The zero-order valence-corrected chi connectivity index (χ0v) is 23.7. The molecule has 0 amide bonds. The summed E-state index contributed by atoms with van der Waals surface area (Å²) in [5.74, 6) is 2.18. The lowest BCUT2D eigenvalue weighted by molar-refractivity contribution is 0.0893. The number of tetrazole rings is 1. The number of hydrogen-bond acceptors (Lipinski definition) is 8. The number of aromatic nitrogens is 5. The van der Waals surface area contributed by atoms with E-state index in [1.807, 2.05) is 41.9 Å². The van der Waals surface area contributed by atoms with Gasteiger partial charge in [0, 0.05) is 30.8 Å². The Morgan fingerprint density at radius 1 is 1.15 bits per heavy atom. The van der Waals surface area contributed by atoms with E-state index >= 15 is 0 Å². The van der Waals surface area contributed by atoms with Gasteiger partial charge in [-0.3, -0.25) is 9.69 Å². The maximum absolute atomic E-state index is 13.2. The number of aryl methyl sites for hydroxylation is 1. The third-order valence-electron chi connectivity index (χ3n) is 7.67. The summed E-state index contributed by atoms with van der Waals surface area (Å²) in [6.07, 6.45) is 3.70. The molecule has 1 aliphatic rings. The zero-order chi connectivity index (χ0) is 28.1. The Kier molecular flexibility index (Phi) is 8.76. The second-order valence-corrected chi connectivity index (χ2v) is 10.4. The molecular weight excluding hydrogens is 508 g/mol. The molecule has 2 aromatic carbocycles. The van der Waals surface area contributed by atoms with E-state index in [-0.39, 0.29) is 17.7 Å². The Hall–Kier alpha value is -3.76. The molecule has 10 nitrogen and oxygen atoms in total. The smallest absolute Gasteiger partial charge is 0.252 e. The number of rotatable bonds is 12. The molecule has 10 heteroatoms. The minimum Gasteiger partial charge on any atom is -0.493 e. The van der Waals surface area contributed by atoms with Crippen LogP contribution in [0.4, 0.5) is 0 Å². The molecule has 1 fully saturated rings. The number of nitrogens with one attached hydrogen (secondary N) is 1. The van der Waals surface area contributed by atoms with E-state index in [4.69, 9.17) is 14.2 Å². The van der Waals surface area contributed by atoms with E-state index < -0.39 is 0 Å². The molecule has 5 rings (SSSR count). The Morgan fingerprint density at radius 2 is 2.00 bits per heavy atom. The Labute approximate surface area is 234 Å². The highest BCUT2D eigenvalue weighted by Crippen LogP contribution is 2.29. The van der Waals surface area contributed by atoms with Crippen LogP contribution in [0, 0.1) is 6.92 Å². The van der Waals surface area contributed by atoms with Crippen LogP contribution in [-0.4, -0.2) is 63.6 Å². The molecule has 0 aliphatic carbocycles. The van der Waals surface area contributed by atoms with Gasteiger partial charge in [0.2, 0.25) is 0 Å². The van der Waals surface area contributed by atoms with Crippen molar-refractivity contribution in [2.24, 2.45) is 0 Å². The van der Waals surface area contributed by atoms with Gasteiger partial charge in [0.1, 0.15) is 0 Å². The fourth-order valence-electron chi connectivity index (χ4n) is 5.52. The lowest BCUT2D eigenvalue weighted by Gasteiger charge is -2.30. The lowest BCUT2D eigenvalue weighted by Crippen LogP contribution is -2.34. The van der Waals surface area contributed by atoms with Gasteiger partial charge in [0.25, 0.3) is 5.56 Å². The number of benzene rings is 2. The van der Waals surface area contributed by atoms with Gasteiger partial charge in [0.15, 0.2) is 17.3 Å². The molecule has 4 aromatic rings. The lowest BCUT2D eigenvalue weighted by atomic mass is 10.1. The number of fused-ring (bicyclic) bond motifs is 1. The van der Waals surface area contributed by atoms with Crippen molar-refractivity contribution in [3.63, 3.8) is 0 Å². The molecule has 1 N–H and O–H groups in total. The van der Waals surface area contributed by atoms with Crippen LogP contribution >= 0.6 is 0 Å². The SMILES string of the molecule is CC[C@@H](c1nnnn1C[C@@H]1CCCO1)N(CCc1ccc(OC)c(OC)c1)Cc1cc2ccc(C)cc2[nH]c1=O. The van der Waals surface area contributed by atoms with E-state index in [1.54, 1.807) is 14.2 Å². The van der Waals surface area contributed by atoms with Crippen molar-refractivity contribution in [3.05, 3.63) is 75.3 Å². The van der Waals surface area contributed by atoms with Crippen molar-refractivity contribution in [1.29, 1.82) is 0 Å². The summed E-state index contributed by atoms with van der Waals surface area (Å²) < 4.78 is 18.7. The molecule has 1 saturated heterocycles. The standard InChI is InChI=1S/C30H38N6O4/c1-5-26(29-32-33-34-36(29)19-24-7-6-14-40-24)35(13-12-21-9-11-27(38-3)28(16-21)39-4)18-23-17-22-10-8-20(2)15-25(22)31-30(23)37/h8-11,15-17,24,26H,5-7,12-14,18-19H2,1-4H3,(H,31,37)/t24-,26-/m0/s1. The topological polar surface area (TPSA) is 107 Å². The minimum absolute atomic E-state index is 0.0805. The molecule has 1 aliphatic heterocycles. The van der Waals surface area contributed by atoms with Crippen molar-refractivity contribution in [2.75, 3.05) is 27.4 Å². The van der Waals surface area contributed by atoms with Crippen molar-refractivity contribution < 1.29 is 14.2 Å². The van der Waals surface area contributed by atoms with Crippen molar-refractivity contribution in [3.8, 4) is 11.5 Å². The third kappa shape index (κ3) is 6.18. The Morgan fingerprint density at radius 3 is 2.75 bits per heavy atom. The number of pyridine rings is 1. The van der Waals surface area contributed by atoms with Crippen LogP contribution in [-0.2, 0) is 24.2 Å². The van der Waals surface area contributed by atoms with Crippen LogP contribution < -0.4 is 15.0 Å². The van der Waals surface area contributed by atoms with Crippen LogP contribution in [0.15, 0.2) is 47.3 Å². The summed E-state index contributed by atoms with van der Waals surface area (Å²) in [7, 11) is 3.27. The summed E-state index contributed by atoms with van der Waals surface area (Å²) in [5.41, 5.74) is 3.69. The molecule has 0 spiro atoms. The molecule has 2 aromatic heterocycles. The molecule has 0 saturated carbocycles. The van der Waals surface area contributed by atoms with E-state index in [9.17, 15) is 4.79 Å². The summed E-state index contributed by atoms with van der Waals surface area (Å²) in [4.78, 5) is 18.6. The number of methoxy groups -OCH3 is 2. The van der Waals surface area contributed by atoms with E-state index in [0.717, 1.165) is 60.1 Å². The predicted molar refractivity (Wildman–Crippen MR) is 153 cm³/mol. The average Bonchev–Trinajstić information content (AvgIpc) is 3.65.